The van der Waals surface area contributed by atoms with Crippen molar-refractivity contribution >= 4 is 23.5 Å². The van der Waals surface area contributed by atoms with Crippen LogP contribution in [-0.4, -0.2) is 46.9 Å². The monoisotopic (exact) mass is 332 g/mol. The lowest BCUT2D eigenvalue weighted by molar-refractivity contribution is -0.156. The smallest absolute Gasteiger partial charge is 0.329 e. The Labute approximate surface area is 142 Å². The SMILES string of the molecule is Cc1cccc(N2CC(C(=O)N(C)C(C)(C)C(=O)O)CC2=O)c1C. The van der Waals surface area contributed by atoms with Crippen molar-refractivity contribution in [1.29, 1.82) is 0 Å². The van der Waals surface area contributed by atoms with Gasteiger partial charge in [0.25, 0.3) is 0 Å². The molecule has 6 nitrogen and oxygen atoms in total. The van der Waals surface area contributed by atoms with Crippen molar-refractivity contribution in [2.45, 2.75) is 39.7 Å². The maximum absolute atomic E-state index is 12.7. The van der Waals surface area contributed by atoms with E-state index in [1.807, 2.05) is 32.0 Å². The van der Waals surface area contributed by atoms with Gasteiger partial charge < -0.3 is 14.9 Å². The van der Waals surface area contributed by atoms with E-state index in [1.54, 1.807) is 4.90 Å². The van der Waals surface area contributed by atoms with E-state index >= 15 is 0 Å². The number of aryl methyl sites for hydroxylation is 1. The maximum Gasteiger partial charge on any atom is 0.329 e. The first kappa shape index (κ1) is 18.0. The number of hydrogen-bond donors (Lipinski definition) is 1. The van der Waals surface area contributed by atoms with Gasteiger partial charge in [0.1, 0.15) is 5.54 Å². The fraction of sp³-hybridized carbons (Fsp3) is 0.500. The van der Waals surface area contributed by atoms with Crippen LogP contribution in [0, 0.1) is 19.8 Å². The predicted octanol–water partition coefficient (Wildman–Crippen LogP) is 1.98. The summed E-state index contributed by atoms with van der Waals surface area (Å²) in [4.78, 5) is 39.2. The summed E-state index contributed by atoms with van der Waals surface area (Å²) in [6.07, 6.45) is 0.103. The molecule has 1 unspecified atom stereocenters. The second-order valence-corrected chi connectivity index (χ2v) is 6.89. The molecular weight excluding hydrogens is 308 g/mol. The average molecular weight is 332 g/mol. The van der Waals surface area contributed by atoms with Gasteiger partial charge in [0.2, 0.25) is 11.8 Å². The first-order chi connectivity index (χ1) is 11.1. The summed E-state index contributed by atoms with van der Waals surface area (Å²) >= 11 is 0. The first-order valence-electron chi connectivity index (χ1n) is 7.95. The molecule has 1 aliphatic heterocycles. The highest BCUT2D eigenvalue weighted by Gasteiger charge is 2.42. The molecule has 2 amide bonds. The van der Waals surface area contributed by atoms with Crippen LogP contribution in [0.3, 0.4) is 0 Å². The predicted molar refractivity (Wildman–Crippen MR) is 90.9 cm³/mol. The Morgan fingerprint density at radius 2 is 1.92 bits per heavy atom. The van der Waals surface area contributed by atoms with Crippen LogP contribution >= 0.6 is 0 Å². The molecule has 1 aromatic rings. The Balaban J connectivity index is 2.22. The van der Waals surface area contributed by atoms with Gasteiger partial charge in [-0.2, -0.15) is 0 Å². The normalized spacial score (nSPS) is 18.0. The minimum atomic E-state index is -1.31. The zero-order valence-electron chi connectivity index (χ0n) is 14.8. The molecule has 2 rings (SSSR count). The molecule has 1 atom stereocenters. The Bertz CT molecular complexity index is 696. The van der Waals surface area contributed by atoms with Crippen molar-refractivity contribution in [1.82, 2.24) is 4.90 Å². The third-order valence-electron chi connectivity index (χ3n) is 5.03. The number of nitrogens with zero attached hydrogens (tertiary/aromatic N) is 2. The lowest BCUT2D eigenvalue weighted by atomic mass is 9.99. The number of anilines is 1. The van der Waals surface area contributed by atoms with Crippen LogP contribution in [0.4, 0.5) is 5.69 Å². The zero-order chi connectivity index (χ0) is 18.2. The van der Waals surface area contributed by atoms with E-state index in [2.05, 4.69) is 0 Å². The van der Waals surface area contributed by atoms with E-state index in [4.69, 9.17) is 0 Å². The van der Waals surface area contributed by atoms with E-state index in [1.165, 1.54) is 25.8 Å². The van der Waals surface area contributed by atoms with Gasteiger partial charge in [-0.05, 0) is 44.9 Å². The van der Waals surface area contributed by atoms with E-state index < -0.39 is 17.4 Å². The summed E-state index contributed by atoms with van der Waals surface area (Å²) in [6.45, 7) is 7.17. The van der Waals surface area contributed by atoms with Crippen molar-refractivity contribution in [3.63, 3.8) is 0 Å². The third kappa shape index (κ3) is 3.00. The summed E-state index contributed by atoms with van der Waals surface area (Å²) in [5.74, 6) is -2.03. The van der Waals surface area contributed by atoms with E-state index in [-0.39, 0.29) is 24.8 Å². The zero-order valence-corrected chi connectivity index (χ0v) is 14.8. The number of amides is 2. The highest BCUT2D eigenvalue weighted by molar-refractivity contribution is 6.01. The van der Waals surface area contributed by atoms with Crippen LogP contribution in [0.1, 0.15) is 31.4 Å². The molecular formula is C18H24N2O4. The second-order valence-electron chi connectivity index (χ2n) is 6.89. The minimum absolute atomic E-state index is 0.103. The molecule has 1 fully saturated rings. The molecule has 24 heavy (non-hydrogen) atoms. The summed E-state index contributed by atoms with van der Waals surface area (Å²) in [7, 11) is 1.47. The van der Waals surface area contributed by atoms with Crippen LogP contribution < -0.4 is 4.90 Å². The number of rotatable bonds is 4. The van der Waals surface area contributed by atoms with Crippen molar-refractivity contribution in [2.24, 2.45) is 5.92 Å². The van der Waals surface area contributed by atoms with Crippen LogP contribution in [0.15, 0.2) is 18.2 Å². The quantitative estimate of drug-likeness (QED) is 0.914. The molecule has 130 valence electrons. The van der Waals surface area contributed by atoms with Crippen molar-refractivity contribution in [2.75, 3.05) is 18.5 Å². The molecule has 1 heterocycles. The summed E-state index contributed by atoms with van der Waals surface area (Å²) < 4.78 is 0. The van der Waals surface area contributed by atoms with Gasteiger partial charge in [0.15, 0.2) is 0 Å². The molecule has 0 aromatic heterocycles. The van der Waals surface area contributed by atoms with Gasteiger partial charge in [-0.1, -0.05) is 12.1 Å². The van der Waals surface area contributed by atoms with Crippen molar-refractivity contribution in [3.05, 3.63) is 29.3 Å². The van der Waals surface area contributed by atoms with Gasteiger partial charge in [0, 0.05) is 25.7 Å². The van der Waals surface area contributed by atoms with E-state index in [0.29, 0.717) is 0 Å². The van der Waals surface area contributed by atoms with Crippen LogP contribution in [0.25, 0.3) is 0 Å². The molecule has 1 aliphatic rings. The minimum Gasteiger partial charge on any atom is -0.480 e. The number of benzene rings is 1. The molecule has 1 saturated heterocycles. The van der Waals surface area contributed by atoms with Crippen LogP contribution in [0.5, 0.6) is 0 Å². The fourth-order valence-corrected chi connectivity index (χ4v) is 2.83. The number of carboxylic acids is 1. The standard InChI is InChI=1S/C18H24N2O4/c1-11-7-6-8-14(12(11)2)20-10-13(9-15(20)21)16(22)19(5)18(3,4)17(23)24/h6-8,13H,9-10H2,1-5H3,(H,23,24). The van der Waals surface area contributed by atoms with E-state index in [0.717, 1.165) is 16.8 Å². The highest BCUT2D eigenvalue weighted by atomic mass is 16.4. The van der Waals surface area contributed by atoms with Crippen molar-refractivity contribution in [3.8, 4) is 0 Å². The number of hydrogen-bond acceptors (Lipinski definition) is 3. The Kier molecular flexibility index (Phi) is 4.69. The number of likely N-dealkylation sites (N-methyl/N-ethyl adjacent to an activating group) is 1. The number of carbonyl (C=O) groups excluding carboxylic acids is 2. The molecule has 0 spiro atoms. The molecule has 0 radical (unpaired) electrons. The largest absolute Gasteiger partial charge is 0.480 e. The third-order valence-corrected chi connectivity index (χ3v) is 5.03. The lowest BCUT2D eigenvalue weighted by Crippen LogP contribution is -2.52. The number of carboxylic acid groups (broad SMARTS) is 1. The lowest BCUT2D eigenvalue weighted by Gasteiger charge is -2.33. The summed E-state index contributed by atoms with van der Waals surface area (Å²) in [5.41, 5.74) is 1.60. The summed E-state index contributed by atoms with van der Waals surface area (Å²) in [6, 6.07) is 5.74. The maximum atomic E-state index is 12.7. The molecule has 0 aliphatic carbocycles. The van der Waals surface area contributed by atoms with Gasteiger partial charge in [-0.25, -0.2) is 4.79 Å². The van der Waals surface area contributed by atoms with Crippen LogP contribution in [-0.2, 0) is 14.4 Å². The van der Waals surface area contributed by atoms with E-state index in [9.17, 15) is 19.5 Å². The Hall–Kier alpha value is -2.37. The molecule has 6 heteroatoms. The fourth-order valence-electron chi connectivity index (χ4n) is 2.83. The molecule has 1 N–H and O–H groups in total. The van der Waals surface area contributed by atoms with Gasteiger partial charge in [-0.3, -0.25) is 9.59 Å². The Morgan fingerprint density at radius 1 is 1.29 bits per heavy atom. The first-order valence-corrected chi connectivity index (χ1v) is 7.95. The van der Waals surface area contributed by atoms with Gasteiger partial charge in [-0.15, -0.1) is 0 Å². The number of aliphatic carboxylic acids is 1. The Morgan fingerprint density at radius 3 is 2.50 bits per heavy atom. The molecule has 1 aromatic carbocycles. The van der Waals surface area contributed by atoms with Gasteiger partial charge >= 0.3 is 5.97 Å². The molecule has 0 bridgehead atoms. The van der Waals surface area contributed by atoms with Crippen LogP contribution in [0.2, 0.25) is 0 Å². The number of carbonyl (C=O) groups is 3. The highest BCUT2D eigenvalue weighted by Crippen LogP contribution is 2.31. The average Bonchev–Trinajstić information content (AvgIpc) is 2.90. The van der Waals surface area contributed by atoms with Gasteiger partial charge in [0.05, 0.1) is 5.92 Å². The van der Waals surface area contributed by atoms with Crippen molar-refractivity contribution < 1.29 is 19.5 Å². The second kappa shape index (κ2) is 6.26. The summed E-state index contributed by atoms with van der Waals surface area (Å²) in [5, 5.41) is 9.28. The topological polar surface area (TPSA) is 77.9 Å². The molecule has 0 saturated carbocycles.